The predicted octanol–water partition coefficient (Wildman–Crippen LogP) is 4.08. The van der Waals surface area contributed by atoms with E-state index in [1.165, 1.54) is 25.5 Å². The Labute approximate surface area is 206 Å². The van der Waals surface area contributed by atoms with E-state index in [4.69, 9.17) is 9.47 Å². The lowest BCUT2D eigenvalue weighted by molar-refractivity contribution is -0.119. The number of hydrazone groups is 1. The summed E-state index contributed by atoms with van der Waals surface area (Å²) in [5.74, 6) is 1.12. The van der Waals surface area contributed by atoms with Crippen LogP contribution in [0.25, 0.3) is 0 Å². The Hall–Kier alpha value is -3.85. The molecule has 3 aromatic rings. The maximum Gasteiger partial charge on any atom is 0.264 e. The smallest absolute Gasteiger partial charge is 0.264 e. The van der Waals surface area contributed by atoms with Crippen molar-refractivity contribution in [2.75, 3.05) is 24.6 Å². The van der Waals surface area contributed by atoms with Gasteiger partial charge in [0, 0.05) is 0 Å². The average Bonchev–Trinajstić information content (AvgIpc) is 2.87. The molecule has 0 atom stereocenters. The van der Waals surface area contributed by atoms with Crippen molar-refractivity contribution in [3.05, 3.63) is 84.4 Å². The van der Waals surface area contributed by atoms with Crippen LogP contribution in [0.2, 0.25) is 0 Å². The lowest BCUT2D eigenvalue weighted by atomic mass is 10.2. The second kappa shape index (κ2) is 12.0. The SMILES string of the molecule is COc1ccc(S(=O)(=O)N(CC(=O)N/N=C\c2ccc(OCC(C)C)cc2)c2ccccc2)cc1. The third-order valence-electron chi connectivity index (χ3n) is 4.85. The number of rotatable bonds is 11. The fourth-order valence-corrected chi connectivity index (χ4v) is 4.46. The number of sulfonamides is 1. The Morgan fingerprint density at radius 2 is 1.60 bits per heavy atom. The van der Waals surface area contributed by atoms with Gasteiger partial charge >= 0.3 is 0 Å². The molecule has 0 aromatic heterocycles. The van der Waals surface area contributed by atoms with E-state index in [9.17, 15) is 13.2 Å². The summed E-state index contributed by atoms with van der Waals surface area (Å²) in [5, 5.41) is 3.97. The Bertz CT molecular complexity index is 1230. The van der Waals surface area contributed by atoms with Crippen LogP contribution in [0.15, 0.2) is 88.9 Å². The molecule has 0 heterocycles. The Balaban J connectivity index is 1.70. The van der Waals surface area contributed by atoms with Gasteiger partial charge in [0.2, 0.25) is 0 Å². The van der Waals surface area contributed by atoms with Crippen LogP contribution in [0.5, 0.6) is 11.5 Å². The highest BCUT2D eigenvalue weighted by molar-refractivity contribution is 7.92. The normalized spacial score (nSPS) is 11.4. The Morgan fingerprint density at radius 3 is 2.20 bits per heavy atom. The van der Waals surface area contributed by atoms with E-state index >= 15 is 0 Å². The third kappa shape index (κ3) is 7.31. The lowest BCUT2D eigenvalue weighted by Gasteiger charge is -2.23. The summed E-state index contributed by atoms with van der Waals surface area (Å²) in [5.41, 5.74) is 3.52. The molecule has 8 nitrogen and oxygen atoms in total. The molecule has 35 heavy (non-hydrogen) atoms. The zero-order chi connectivity index (χ0) is 25.3. The van der Waals surface area contributed by atoms with Crippen molar-refractivity contribution >= 4 is 27.8 Å². The van der Waals surface area contributed by atoms with Crippen molar-refractivity contribution in [3.63, 3.8) is 0 Å². The van der Waals surface area contributed by atoms with E-state index in [0.29, 0.717) is 24.0 Å². The zero-order valence-corrected chi connectivity index (χ0v) is 20.7. The van der Waals surface area contributed by atoms with Crippen LogP contribution in [-0.4, -0.2) is 40.8 Å². The zero-order valence-electron chi connectivity index (χ0n) is 19.9. The number of carbonyl (C=O) groups excluding carboxylic acids is 1. The van der Waals surface area contributed by atoms with Crippen LogP contribution in [0.3, 0.4) is 0 Å². The highest BCUT2D eigenvalue weighted by Crippen LogP contribution is 2.24. The van der Waals surface area contributed by atoms with Gasteiger partial charge < -0.3 is 9.47 Å². The second-order valence-corrected chi connectivity index (χ2v) is 9.95. The topological polar surface area (TPSA) is 97.3 Å². The van der Waals surface area contributed by atoms with Gasteiger partial charge in [-0.2, -0.15) is 5.10 Å². The molecule has 0 saturated heterocycles. The number of para-hydroxylation sites is 1. The van der Waals surface area contributed by atoms with E-state index in [1.54, 1.807) is 42.5 Å². The number of anilines is 1. The average molecular weight is 496 g/mol. The van der Waals surface area contributed by atoms with Gasteiger partial charge in [-0.1, -0.05) is 32.0 Å². The van der Waals surface area contributed by atoms with Gasteiger partial charge in [-0.05, 0) is 72.1 Å². The summed E-state index contributed by atoms with van der Waals surface area (Å²) in [4.78, 5) is 12.7. The minimum atomic E-state index is -4.02. The van der Waals surface area contributed by atoms with E-state index < -0.39 is 22.5 Å². The number of amides is 1. The van der Waals surface area contributed by atoms with Crippen LogP contribution in [-0.2, 0) is 14.8 Å². The number of hydrogen-bond donors (Lipinski definition) is 1. The van der Waals surface area contributed by atoms with Gasteiger partial charge in [0.1, 0.15) is 18.0 Å². The first-order valence-corrected chi connectivity index (χ1v) is 12.5. The lowest BCUT2D eigenvalue weighted by Crippen LogP contribution is -2.39. The first-order valence-electron chi connectivity index (χ1n) is 11.1. The molecular formula is C26H29N3O5S. The maximum atomic E-state index is 13.3. The monoisotopic (exact) mass is 495 g/mol. The standard InChI is InChI=1S/C26H29N3O5S/c1-20(2)19-34-24-11-9-21(10-12-24)17-27-28-26(30)18-29(22-7-5-4-6-8-22)35(31,32)25-15-13-23(33-3)14-16-25/h4-17,20H,18-19H2,1-3H3,(H,28,30)/b27-17-. The minimum Gasteiger partial charge on any atom is -0.497 e. The summed E-state index contributed by atoms with van der Waals surface area (Å²) in [7, 11) is -2.52. The summed E-state index contributed by atoms with van der Waals surface area (Å²) < 4.78 is 38.5. The molecule has 9 heteroatoms. The first-order chi connectivity index (χ1) is 16.8. The van der Waals surface area contributed by atoms with Crippen molar-refractivity contribution in [3.8, 4) is 11.5 Å². The minimum absolute atomic E-state index is 0.0400. The number of benzene rings is 3. The Morgan fingerprint density at radius 1 is 0.971 bits per heavy atom. The number of ether oxygens (including phenoxy) is 2. The molecule has 0 aliphatic rings. The molecule has 3 aromatic carbocycles. The third-order valence-corrected chi connectivity index (χ3v) is 6.63. The van der Waals surface area contributed by atoms with E-state index in [2.05, 4.69) is 24.4 Å². The highest BCUT2D eigenvalue weighted by atomic mass is 32.2. The molecule has 0 unspecified atom stereocenters. The summed E-state index contributed by atoms with van der Waals surface area (Å²) in [6, 6.07) is 21.7. The number of hydrogen-bond acceptors (Lipinski definition) is 6. The fraction of sp³-hybridized carbons (Fsp3) is 0.231. The molecule has 184 valence electrons. The van der Waals surface area contributed by atoms with Crippen LogP contribution >= 0.6 is 0 Å². The molecule has 1 amide bonds. The first kappa shape index (κ1) is 25.8. The highest BCUT2D eigenvalue weighted by Gasteiger charge is 2.27. The van der Waals surface area contributed by atoms with Gasteiger partial charge in [-0.15, -0.1) is 0 Å². The molecule has 1 N–H and O–H groups in total. The van der Waals surface area contributed by atoms with Gasteiger partial charge in [-0.3, -0.25) is 9.10 Å². The molecule has 0 bridgehead atoms. The van der Waals surface area contributed by atoms with Gasteiger partial charge in [0.15, 0.2) is 0 Å². The summed E-state index contributed by atoms with van der Waals surface area (Å²) >= 11 is 0. The largest absolute Gasteiger partial charge is 0.497 e. The molecule has 0 radical (unpaired) electrons. The number of nitrogens with one attached hydrogen (secondary N) is 1. The number of nitrogens with zero attached hydrogens (tertiary/aromatic N) is 2. The quantitative estimate of drug-likeness (QED) is 0.319. The van der Waals surface area contributed by atoms with Gasteiger partial charge in [0.05, 0.1) is 30.5 Å². The number of methoxy groups -OCH3 is 1. The maximum absolute atomic E-state index is 13.3. The molecule has 0 spiro atoms. The number of carbonyl (C=O) groups is 1. The molecule has 3 rings (SSSR count). The molecule has 0 aliphatic carbocycles. The van der Waals surface area contributed by atoms with Gasteiger partial charge in [-0.25, -0.2) is 13.8 Å². The molecule has 0 aliphatic heterocycles. The molecular weight excluding hydrogens is 466 g/mol. The van der Waals surface area contributed by atoms with E-state index in [0.717, 1.165) is 15.6 Å². The molecule has 0 saturated carbocycles. The fourth-order valence-electron chi connectivity index (χ4n) is 3.04. The summed E-state index contributed by atoms with van der Waals surface area (Å²) in [6.45, 7) is 4.33. The summed E-state index contributed by atoms with van der Waals surface area (Å²) in [6.07, 6.45) is 1.48. The van der Waals surface area contributed by atoms with Crippen LogP contribution in [0.1, 0.15) is 19.4 Å². The van der Waals surface area contributed by atoms with Crippen molar-refractivity contribution in [2.24, 2.45) is 11.0 Å². The van der Waals surface area contributed by atoms with Crippen LogP contribution < -0.4 is 19.2 Å². The van der Waals surface area contributed by atoms with Crippen molar-refractivity contribution < 1.29 is 22.7 Å². The predicted molar refractivity (Wildman–Crippen MR) is 136 cm³/mol. The van der Waals surface area contributed by atoms with Gasteiger partial charge in [0.25, 0.3) is 15.9 Å². The van der Waals surface area contributed by atoms with E-state index in [-0.39, 0.29) is 4.90 Å². The van der Waals surface area contributed by atoms with Crippen LogP contribution in [0.4, 0.5) is 5.69 Å². The van der Waals surface area contributed by atoms with Crippen LogP contribution in [0, 0.1) is 5.92 Å². The second-order valence-electron chi connectivity index (χ2n) is 8.09. The van der Waals surface area contributed by atoms with Crippen molar-refractivity contribution in [2.45, 2.75) is 18.7 Å². The molecule has 0 fully saturated rings. The van der Waals surface area contributed by atoms with Crippen molar-refractivity contribution in [1.29, 1.82) is 0 Å². The van der Waals surface area contributed by atoms with E-state index in [1.807, 2.05) is 24.3 Å². The Kier molecular flexibility index (Phi) is 8.86. The van der Waals surface area contributed by atoms with Crippen molar-refractivity contribution in [1.82, 2.24) is 5.43 Å².